The van der Waals surface area contributed by atoms with Crippen LogP contribution in [0.15, 0.2) is 12.3 Å². The Balaban J connectivity index is 2.09. The van der Waals surface area contributed by atoms with Crippen molar-refractivity contribution in [3.8, 4) is 6.07 Å². The molecule has 0 bridgehead atoms. The molecule has 1 aliphatic carbocycles. The van der Waals surface area contributed by atoms with Gasteiger partial charge in [0.05, 0.1) is 10.5 Å². The van der Waals surface area contributed by atoms with Crippen molar-refractivity contribution in [2.75, 3.05) is 11.9 Å². The molecule has 0 atom stereocenters. The second-order valence-electron chi connectivity index (χ2n) is 5.45. The van der Waals surface area contributed by atoms with Gasteiger partial charge in [0.25, 0.3) is 5.69 Å². The second kappa shape index (κ2) is 6.50. The fraction of sp³-hybridized carbons (Fsp3) is 0.571. The minimum atomic E-state index is -0.799. The van der Waals surface area contributed by atoms with Crippen LogP contribution in [0.5, 0.6) is 0 Å². The van der Waals surface area contributed by atoms with Gasteiger partial charge in [-0.15, -0.1) is 0 Å². The molecule has 1 fully saturated rings. The molecule has 1 aromatic heterocycles. The highest BCUT2D eigenvalue weighted by Gasteiger charge is 2.28. The Labute approximate surface area is 122 Å². The standard InChI is InChI=1S/C14H18N4O3/c15-8-11-7-12(18(20)21)9-16-13(11)17-10-14(19)5-3-1-2-4-6-14/h7,9,19H,1-6,10H2,(H,16,17). The molecule has 21 heavy (non-hydrogen) atoms. The van der Waals surface area contributed by atoms with Gasteiger partial charge >= 0.3 is 0 Å². The van der Waals surface area contributed by atoms with Gasteiger partial charge in [0.1, 0.15) is 23.6 Å². The first-order valence-electron chi connectivity index (χ1n) is 7.05. The molecule has 0 unspecified atom stereocenters. The summed E-state index contributed by atoms with van der Waals surface area (Å²) >= 11 is 0. The first-order chi connectivity index (χ1) is 10.0. The van der Waals surface area contributed by atoms with Crippen molar-refractivity contribution in [3.05, 3.63) is 27.9 Å². The van der Waals surface area contributed by atoms with E-state index < -0.39 is 10.5 Å². The molecule has 1 heterocycles. The molecule has 112 valence electrons. The summed E-state index contributed by atoms with van der Waals surface area (Å²) in [6, 6.07) is 3.08. The number of nitrogens with zero attached hydrogens (tertiary/aromatic N) is 3. The molecule has 2 rings (SSSR count). The lowest BCUT2D eigenvalue weighted by atomic mass is 9.94. The zero-order chi connectivity index (χ0) is 15.3. The van der Waals surface area contributed by atoms with Crippen molar-refractivity contribution in [2.45, 2.75) is 44.1 Å². The van der Waals surface area contributed by atoms with Gasteiger partial charge < -0.3 is 10.4 Å². The first-order valence-corrected chi connectivity index (χ1v) is 7.05. The predicted octanol–water partition coefficient (Wildman–Crippen LogP) is 2.36. The Morgan fingerprint density at radius 1 is 1.43 bits per heavy atom. The molecule has 0 spiro atoms. The molecule has 7 heteroatoms. The first kappa shape index (κ1) is 15.2. The van der Waals surface area contributed by atoms with Gasteiger partial charge in [-0.2, -0.15) is 5.26 Å². The van der Waals surface area contributed by atoms with Crippen LogP contribution < -0.4 is 5.32 Å². The van der Waals surface area contributed by atoms with Crippen LogP contribution in [0.3, 0.4) is 0 Å². The Morgan fingerprint density at radius 2 is 2.10 bits per heavy atom. The van der Waals surface area contributed by atoms with Gasteiger partial charge in [0, 0.05) is 12.6 Å². The van der Waals surface area contributed by atoms with E-state index in [0.29, 0.717) is 6.54 Å². The van der Waals surface area contributed by atoms with Gasteiger partial charge in [0.15, 0.2) is 0 Å². The average Bonchev–Trinajstić information content (AvgIpc) is 2.70. The molecule has 0 amide bonds. The quantitative estimate of drug-likeness (QED) is 0.500. The van der Waals surface area contributed by atoms with Crippen molar-refractivity contribution >= 4 is 11.5 Å². The number of aliphatic hydroxyl groups is 1. The van der Waals surface area contributed by atoms with Gasteiger partial charge in [0.2, 0.25) is 0 Å². The van der Waals surface area contributed by atoms with E-state index in [1.807, 2.05) is 6.07 Å². The van der Waals surface area contributed by atoms with Crippen LogP contribution >= 0.6 is 0 Å². The molecule has 0 aromatic carbocycles. The van der Waals surface area contributed by atoms with Crippen LogP contribution in [0.1, 0.15) is 44.1 Å². The summed E-state index contributed by atoms with van der Waals surface area (Å²) in [4.78, 5) is 14.0. The number of nitro groups is 1. The van der Waals surface area contributed by atoms with Crippen LogP contribution in [-0.2, 0) is 0 Å². The summed E-state index contributed by atoms with van der Waals surface area (Å²) in [6.45, 7) is 0.298. The number of anilines is 1. The van der Waals surface area contributed by atoms with Crippen LogP contribution in [0.25, 0.3) is 0 Å². The number of nitrogens with one attached hydrogen (secondary N) is 1. The van der Waals surface area contributed by atoms with Crippen molar-refractivity contribution in [2.24, 2.45) is 0 Å². The third-order valence-electron chi connectivity index (χ3n) is 3.82. The van der Waals surface area contributed by atoms with E-state index in [1.165, 1.54) is 6.07 Å². The van der Waals surface area contributed by atoms with E-state index >= 15 is 0 Å². The summed E-state index contributed by atoms with van der Waals surface area (Å²) in [7, 11) is 0. The summed E-state index contributed by atoms with van der Waals surface area (Å²) in [5.41, 5.74) is -0.904. The van der Waals surface area contributed by atoms with E-state index in [4.69, 9.17) is 5.26 Å². The number of rotatable bonds is 4. The zero-order valence-corrected chi connectivity index (χ0v) is 11.7. The van der Waals surface area contributed by atoms with Crippen molar-refractivity contribution < 1.29 is 10.0 Å². The van der Waals surface area contributed by atoms with Crippen molar-refractivity contribution in [3.63, 3.8) is 0 Å². The summed E-state index contributed by atoms with van der Waals surface area (Å²) in [5, 5.41) is 33.2. The topological polar surface area (TPSA) is 112 Å². The predicted molar refractivity (Wildman–Crippen MR) is 76.7 cm³/mol. The highest BCUT2D eigenvalue weighted by atomic mass is 16.6. The number of pyridine rings is 1. The Kier molecular flexibility index (Phi) is 4.70. The molecular weight excluding hydrogens is 272 g/mol. The molecule has 0 saturated heterocycles. The third kappa shape index (κ3) is 3.89. The maximum Gasteiger partial charge on any atom is 0.289 e. The van der Waals surface area contributed by atoms with E-state index in [2.05, 4.69) is 10.3 Å². The third-order valence-corrected chi connectivity index (χ3v) is 3.82. The van der Waals surface area contributed by atoms with Crippen LogP contribution in [-0.4, -0.2) is 27.2 Å². The highest BCUT2D eigenvalue weighted by Crippen LogP contribution is 2.28. The van der Waals surface area contributed by atoms with Crippen LogP contribution in [0, 0.1) is 21.4 Å². The minimum Gasteiger partial charge on any atom is -0.388 e. The van der Waals surface area contributed by atoms with Gasteiger partial charge in [-0.1, -0.05) is 25.7 Å². The summed E-state index contributed by atoms with van der Waals surface area (Å²) in [5.74, 6) is 0.278. The Morgan fingerprint density at radius 3 is 2.67 bits per heavy atom. The maximum atomic E-state index is 10.7. The van der Waals surface area contributed by atoms with Crippen molar-refractivity contribution in [1.82, 2.24) is 4.98 Å². The highest BCUT2D eigenvalue weighted by molar-refractivity contribution is 5.55. The molecule has 0 aliphatic heterocycles. The van der Waals surface area contributed by atoms with E-state index in [0.717, 1.165) is 44.7 Å². The largest absolute Gasteiger partial charge is 0.388 e. The average molecular weight is 290 g/mol. The van der Waals surface area contributed by atoms with Crippen LogP contribution in [0.4, 0.5) is 11.5 Å². The Hall–Kier alpha value is -2.20. The lowest BCUT2D eigenvalue weighted by Gasteiger charge is -2.27. The van der Waals surface area contributed by atoms with Gasteiger partial charge in [-0.25, -0.2) is 4.98 Å². The Bertz CT molecular complexity index is 560. The molecule has 2 N–H and O–H groups in total. The van der Waals surface area contributed by atoms with Crippen molar-refractivity contribution in [1.29, 1.82) is 5.26 Å². The minimum absolute atomic E-state index is 0.112. The lowest BCUT2D eigenvalue weighted by molar-refractivity contribution is -0.385. The number of hydrogen-bond donors (Lipinski definition) is 2. The summed E-state index contributed by atoms with van der Waals surface area (Å²) in [6.07, 6.45) is 6.76. The molecular formula is C14H18N4O3. The molecule has 0 radical (unpaired) electrons. The number of aromatic nitrogens is 1. The molecule has 1 aromatic rings. The second-order valence-corrected chi connectivity index (χ2v) is 5.45. The number of hydrogen-bond acceptors (Lipinski definition) is 6. The maximum absolute atomic E-state index is 10.7. The monoisotopic (exact) mass is 290 g/mol. The number of nitriles is 1. The van der Waals surface area contributed by atoms with Gasteiger partial charge in [-0.05, 0) is 12.8 Å². The molecule has 1 saturated carbocycles. The normalized spacial score (nSPS) is 17.5. The van der Waals surface area contributed by atoms with E-state index in [9.17, 15) is 15.2 Å². The smallest absolute Gasteiger partial charge is 0.289 e. The molecule has 7 nitrogen and oxygen atoms in total. The summed E-state index contributed by atoms with van der Waals surface area (Å²) < 4.78 is 0. The SMILES string of the molecule is N#Cc1cc([N+](=O)[O-])cnc1NCC1(O)CCCCCC1. The molecule has 1 aliphatic rings. The van der Waals surface area contributed by atoms with Crippen LogP contribution in [0.2, 0.25) is 0 Å². The van der Waals surface area contributed by atoms with E-state index in [1.54, 1.807) is 0 Å². The zero-order valence-electron chi connectivity index (χ0n) is 11.7. The lowest BCUT2D eigenvalue weighted by Crippen LogP contribution is -2.36. The fourth-order valence-electron chi connectivity index (χ4n) is 2.59. The van der Waals surface area contributed by atoms with E-state index in [-0.39, 0.29) is 17.1 Å². The van der Waals surface area contributed by atoms with Gasteiger partial charge in [-0.3, -0.25) is 10.1 Å². The fourth-order valence-corrected chi connectivity index (χ4v) is 2.59.